The maximum absolute atomic E-state index is 9.81. The molecule has 0 saturated heterocycles. The summed E-state index contributed by atoms with van der Waals surface area (Å²) in [6, 6.07) is 9.74. The maximum Gasteiger partial charge on any atom is 0.139 e. The van der Waals surface area contributed by atoms with E-state index in [1.165, 1.54) is 0 Å². The molecule has 1 atom stereocenters. The standard InChI is InChI=1S/C19H17N3O2S2/c1-24-14-4-2-12(3-5-14)15-10-26-19-17(15)18(20-11-21-19)22-16(8-23)13-6-7-25-9-13/h2-7,9-11,16,23H,8H2,1H3,(H,20,21,22). The van der Waals surface area contributed by atoms with E-state index < -0.39 is 0 Å². The van der Waals surface area contributed by atoms with Crippen LogP contribution in [-0.4, -0.2) is 28.8 Å². The van der Waals surface area contributed by atoms with E-state index in [-0.39, 0.29) is 12.6 Å². The molecule has 3 heterocycles. The molecule has 5 nitrogen and oxygen atoms in total. The van der Waals surface area contributed by atoms with Crippen LogP contribution in [0.25, 0.3) is 21.3 Å². The fourth-order valence-electron chi connectivity index (χ4n) is 2.84. The third kappa shape index (κ3) is 3.16. The number of ether oxygens (including phenoxy) is 1. The van der Waals surface area contributed by atoms with Crippen molar-refractivity contribution < 1.29 is 9.84 Å². The highest BCUT2D eigenvalue weighted by Gasteiger charge is 2.17. The van der Waals surface area contributed by atoms with Crippen LogP contribution in [0.5, 0.6) is 5.75 Å². The molecule has 0 aliphatic heterocycles. The first-order chi connectivity index (χ1) is 12.8. The van der Waals surface area contributed by atoms with Crippen LogP contribution >= 0.6 is 22.7 Å². The van der Waals surface area contributed by atoms with Gasteiger partial charge in [0.15, 0.2) is 0 Å². The minimum absolute atomic E-state index is 0.00969. The van der Waals surface area contributed by atoms with E-state index >= 15 is 0 Å². The fraction of sp³-hybridized carbons (Fsp3) is 0.158. The van der Waals surface area contributed by atoms with Crippen molar-refractivity contribution in [3.8, 4) is 16.9 Å². The highest BCUT2D eigenvalue weighted by molar-refractivity contribution is 7.17. The van der Waals surface area contributed by atoms with Crippen LogP contribution in [0.4, 0.5) is 5.82 Å². The van der Waals surface area contributed by atoms with Gasteiger partial charge in [-0.2, -0.15) is 11.3 Å². The quantitative estimate of drug-likeness (QED) is 0.510. The summed E-state index contributed by atoms with van der Waals surface area (Å²) in [5, 5.41) is 20.3. The molecule has 132 valence electrons. The lowest BCUT2D eigenvalue weighted by Gasteiger charge is -2.17. The van der Waals surface area contributed by atoms with Crippen LogP contribution in [0.3, 0.4) is 0 Å². The van der Waals surface area contributed by atoms with E-state index in [2.05, 4.69) is 20.7 Å². The van der Waals surface area contributed by atoms with Gasteiger partial charge in [-0.3, -0.25) is 0 Å². The second kappa shape index (κ2) is 7.41. The van der Waals surface area contributed by atoms with Crippen molar-refractivity contribution >= 4 is 38.7 Å². The van der Waals surface area contributed by atoms with Crippen LogP contribution in [0.2, 0.25) is 0 Å². The summed E-state index contributed by atoms with van der Waals surface area (Å²) < 4.78 is 5.25. The van der Waals surface area contributed by atoms with Gasteiger partial charge in [0, 0.05) is 10.9 Å². The summed E-state index contributed by atoms with van der Waals surface area (Å²) in [5.74, 6) is 1.55. The van der Waals surface area contributed by atoms with Gasteiger partial charge >= 0.3 is 0 Å². The number of hydrogen-bond donors (Lipinski definition) is 2. The van der Waals surface area contributed by atoms with E-state index in [1.54, 1.807) is 36.1 Å². The van der Waals surface area contributed by atoms with Crippen molar-refractivity contribution in [1.29, 1.82) is 0 Å². The predicted octanol–water partition coefficient (Wildman–Crippen LogP) is 4.57. The van der Waals surface area contributed by atoms with Crippen molar-refractivity contribution in [2.24, 2.45) is 0 Å². The lowest BCUT2D eigenvalue weighted by molar-refractivity contribution is 0.276. The maximum atomic E-state index is 9.81. The van der Waals surface area contributed by atoms with Crippen molar-refractivity contribution in [3.63, 3.8) is 0 Å². The zero-order chi connectivity index (χ0) is 17.9. The number of aliphatic hydroxyl groups is 1. The minimum atomic E-state index is -0.206. The van der Waals surface area contributed by atoms with Gasteiger partial charge in [-0.25, -0.2) is 9.97 Å². The normalized spacial score (nSPS) is 12.2. The van der Waals surface area contributed by atoms with E-state index in [1.807, 2.05) is 41.1 Å². The lowest BCUT2D eigenvalue weighted by atomic mass is 10.1. The molecule has 0 amide bonds. The van der Waals surface area contributed by atoms with E-state index in [9.17, 15) is 5.11 Å². The Morgan fingerprint density at radius 3 is 2.69 bits per heavy atom. The Bertz CT molecular complexity index is 997. The average molecular weight is 383 g/mol. The van der Waals surface area contributed by atoms with Gasteiger partial charge in [0.25, 0.3) is 0 Å². The predicted molar refractivity (Wildman–Crippen MR) is 107 cm³/mol. The van der Waals surface area contributed by atoms with Gasteiger partial charge in [-0.05, 0) is 40.1 Å². The molecule has 0 aliphatic rings. The van der Waals surface area contributed by atoms with Gasteiger partial charge in [-0.15, -0.1) is 11.3 Å². The van der Waals surface area contributed by atoms with Gasteiger partial charge in [0.2, 0.25) is 0 Å². The van der Waals surface area contributed by atoms with E-state index in [0.717, 1.165) is 38.5 Å². The smallest absolute Gasteiger partial charge is 0.139 e. The number of aromatic nitrogens is 2. The number of rotatable bonds is 6. The topological polar surface area (TPSA) is 67.3 Å². The Hall–Kier alpha value is -2.48. The average Bonchev–Trinajstić information content (AvgIpc) is 3.36. The number of aliphatic hydroxyl groups excluding tert-OH is 1. The monoisotopic (exact) mass is 383 g/mol. The number of nitrogens with one attached hydrogen (secondary N) is 1. The number of thiophene rings is 2. The Kier molecular flexibility index (Phi) is 4.83. The van der Waals surface area contributed by atoms with Crippen molar-refractivity contribution in [2.45, 2.75) is 6.04 Å². The molecule has 7 heteroatoms. The Balaban J connectivity index is 1.76. The van der Waals surface area contributed by atoms with Crippen LogP contribution in [-0.2, 0) is 0 Å². The Morgan fingerprint density at radius 2 is 2.00 bits per heavy atom. The van der Waals surface area contributed by atoms with Gasteiger partial charge in [-0.1, -0.05) is 12.1 Å². The van der Waals surface area contributed by atoms with Crippen LogP contribution in [0.1, 0.15) is 11.6 Å². The van der Waals surface area contributed by atoms with Gasteiger partial charge in [0.1, 0.15) is 22.7 Å². The molecule has 1 aromatic carbocycles. The molecule has 4 aromatic rings. The first-order valence-corrected chi connectivity index (χ1v) is 9.88. The summed E-state index contributed by atoms with van der Waals surface area (Å²) in [7, 11) is 1.66. The molecule has 4 rings (SSSR count). The van der Waals surface area contributed by atoms with Crippen LogP contribution in [0.15, 0.2) is 52.8 Å². The molecule has 0 fully saturated rings. The number of hydrogen-bond acceptors (Lipinski definition) is 7. The molecule has 26 heavy (non-hydrogen) atoms. The van der Waals surface area contributed by atoms with E-state index in [4.69, 9.17) is 4.74 Å². The first-order valence-electron chi connectivity index (χ1n) is 8.06. The van der Waals surface area contributed by atoms with Gasteiger partial charge < -0.3 is 15.2 Å². The summed E-state index contributed by atoms with van der Waals surface area (Å²) >= 11 is 3.19. The molecular formula is C19H17N3O2S2. The van der Waals surface area contributed by atoms with Crippen molar-refractivity contribution in [2.75, 3.05) is 19.0 Å². The Labute approximate surface area is 158 Å². The molecule has 0 radical (unpaired) electrons. The fourth-order valence-corrected chi connectivity index (χ4v) is 4.47. The third-order valence-electron chi connectivity index (χ3n) is 4.21. The summed E-state index contributed by atoms with van der Waals surface area (Å²) in [4.78, 5) is 9.76. The largest absolute Gasteiger partial charge is 0.497 e. The second-order valence-corrected chi connectivity index (χ2v) is 7.35. The Morgan fingerprint density at radius 1 is 1.15 bits per heavy atom. The van der Waals surface area contributed by atoms with Crippen molar-refractivity contribution in [1.82, 2.24) is 9.97 Å². The number of anilines is 1. The summed E-state index contributed by atoms with van der Waals surface area (Å²) in [6.45, 7) is -0.00969. The summed E-state index contributed by atoms with van der Waals surface area (Å²) in [6.07, 6.45) is 1.56. The highest BCUT2D eigenvalue weighted by atomic mass is 32.1. The number of methoxy groups -OCH3 is 1. The number of fused-ring (bicyclic) bond motifs is 1. The number of nitrogens with zero attached hydrogens (tertiary/aromatic N) is 2. The highest BCUT2D eigenvalue weighted by Crippen LogP contribution is 2.38. The lowest BCUT2D eigenvalue weighted by Crippen LogP contribution is -2.15. The number of benzene rings is 1. The molecule has 2 N–H and O–H groups in total. The summed E-state index contributed by atoms with van der Waals surface area (Å²) in [5.41, 5.74) is 3.19. The molecule has 0 saturated carbocycles. The SMILES string of the molecule is COc1ccc(-c2csc3ncnc(NC(CO)c4ccsc4)c23)cc1. The van der Waals surface area contributed by atoms with Crippen LogP contribution in [0, 0.1) is 0 Å². The first kappa shape index (κ1) is 17.0. The molecular weight excluding hydrogens is 366 g/mol. The second-order valence-electron chi connectivity index (χ2n) is 5.72. The van der Waals surface area contributed by atoms with E-state index in [0.29, 0.717) is 0 Å². The molecule has 0 spiro atoms. The molecule has 0 bridgehead atoms. The third-order valence-corrected chi connectivity index (χ3v) is 5.80. The van der Waals surface area contributed by atoms with Gasteiger partial charge in [0.05, 0.1) is 25.1 Å². The molecule has 3 aromatic heterocycles. The zero-order valence-electron chi connectivity index (χ0n) is 14.0. The zero-order valence-corrected chi connectivity index (χ0v) is 15.7. The minimum Gasteiger partial charge on any atom is -0.497 e. The molecule has 1 unspecified atom stereocenters. The van der Waals surface area contributed by atoms with Crippen molar-refractivity contribution in [3.05, 3.63) is 58.4 Å². The molecule has 0 aliphatic carbocycles. The van der Waals surface area contributed by atoms with Crippen LogP contribution < -0.4 is 10.1 Å².